The molecule has 0 radical (unpaired) electrons. The van der Waals surface area contributed by atoms with E-state index in [0.29, 0.717) is 6.08 Å². The summed E-state index contributed by atoms with van der Waals surface area (Å²) in [4.78, 5) is 18.7. The number of halogens is 1. The van der Waals surface area contributed by atoms with Crippen LogP contribution in [0.4, 0.5) is 0 Å². The summed E-state index contributed by atoms with van der Waals surface area (Å²) in [5.41, 5.74) is -1.87. The fourth-order valence-electron chi connectivity index (χ4n) is 1.09. The molecule has 1 atom stereocenters. The Balaban J connectivity index is 3.30. The molecule has 0 aromatic rings. The van der Waals surface area contributed by atoms with Gasteiger partial charge in [-0.1, -0.05) is 11.6 Å². The standard InChI is InChI=1S/C6H5ClN2O6/c7-6(11)1-3(8(12)13)5(10)4(2-6)9(14)15/h1,10-11H,2H2. The van der Waals surface area contributed by atoms with Gasteiger partial charge in [0.25, 0.3) is 11.5 Å². The fourth-order valence-corrected chi connectivity index (χ4v) is 1.32. The molecule has 0 amide bonds. The van der Waals surface area contributed by atoms with Gasteiger partial charge < -0.3 is 10.2 Å². The number of alkyl halides is 1. The van der Waals surface area contributed by atoms with Crippen LogP contribution in [0.3, 0.4) is 0 Å². The maximum Gasteiger partial charge on any atom is 0.317 e. The molecule has 0 aromatic carbocycles. The van der Waals surface area contributed by atoms with Crippen molar-refractivity contribution >= 4 is 11.6 Å². The zero-order valence-electron chi connectivity index (χ0n) is 7.08. The molecule has 82 valence electrons. The summed E-state index contributed by atoms with van der Waals surface area (Å²) in [7, 11) is 0. The molecule has 1 rings (SSSR count). The summed E-state index contributed by atoms with van der Waals surface area (Å²) in [6, 6.07) is 0. The van der Waals surface area contributed by atoms with Crippen molar-refractivity contribution in [3.63, 3.8) is 0 Å². The monoisotopic (exact) mass is 236 g/mol. The molecule has 0 spiro atoms. The Bertz CT molecular complexity index is 398. The van der Waals surface area contributed by atoms with Gasteiger partial charge in [0.1, 0.15) is 0 Å². The first kappa shape index (κ1) is 11.4. The summed E-state index contributed by atoms with van der Waals surface area (Å²) in [6.07, 6.45) is -0.151. The van der Waals surface area contributed by atoms with Crippen molar-refractivity contribution in [1.29, 1.82) is 0 Å². The highest BCUT2D eigenvalue weighted by molar-refractivity contribution is 6.24. The minimum atomic E-state index is -2.23. The van der Waals surface area contributed by atoms with E-state index in [1.807, 2.05) is 0 Å². The molecule has 1 unspecified atom stereocenters. The lowest BCUT2D eigenvalue weighted by molar-refractivity contribution is -0.447. The lowest BCUT2D eigenvalue weighted by atomic mass is 10.0. The first-order chi connectivity index (χ1) is 6.74. The van der Waals surface area contributed by atoms with Crippen LogP contribution in [-0.4, -0.2) is 25.1 Å². The van der Waals surface area contributed by atoms with E-state index in [1.54, 1.807) is 0 Å². The van der Waals surface area contributed by atoms with Crippen LogP contribution in [0.5, 0.6) is 0 Å². The van der Waals surface area contributed by atoms with Crippen LogP contribution in [0, 0.1) is 20.2 Å². The van der Waals surface area contributed by atoms with E-state index in [-0.39, 0.29) is 0 Å². The van der Waals surface area contributed by atoms with Crippen molar-refractivity contribution in [3.05, 3.63) is 43.5 Å². The van der Waals surface area contributed by atoms with Gasteiger partial charge in [0, 0.05) is 6.08 Å². The zero-order chi connectivity index (χ0) is 11.8. The highest BCUT2D eigenvalue weighted by Gasteiger charge is 2.42. The van der Waals surface area contributed by atoms with E-state index in [0.717, 1.165) is 0 Å². The second-order valence-electron chi connectivity index (χ2n) is 2.83. The molecule has 0 heterocycles. The second kappa shape index (κ2) is 3.48. The van der Waals surface area contributed by atoms with Gasteiger partial charge in [-0.2, -0.15) is 0 Å². The quantitative estimate of drug-likeness (QED) is 0.409. The van der Waals surface area contributed by atoms with Crippen molar-refractivity contribution < 1.29 is 20.1 Å². The molecule has 15 heavy (non-hydrogen) atoms. The van der Waals surface area contributed by atoms with Crippen molar-refractivity contribution in [3.8, 4) is 0 Å². The fraction of sp³-hybridized carbons (Fsp3) is 0.333. The van der Waals surface area contributed by atoms with Crippen LogP contribution in [-0.2, 0) is 0 Å². The molecule has 1 aliphatic rings. The largest absolute Gasteiger partial charge is 0.498 e. The summed E-state index contributed by atoms with van der Waals surface area (Å²) in [5.74, 6) is -1.09. The summed E-state index contributed by atoms with van der Waals surface area (Å²) < 4.78 is 0. The Morgan fingerprint density at radius 1 is 1.40 bits per heavy atom. The second-order valence-corrected chi connectivity index (χ2v) is 3.49. The van der Waals surface area contributed by atoms with Crippen molar-refractivity contribution in [2.24, 2.45) is 0 Å². The Hall–Kier alpha value is -1.67. The van der Waals surface area contributed by atoms with Gasteiger partial charge in [0.2, 0.25) is 0 Å². The number of hydrogen-bond donors (Lipinski definition) is 2. The molecule has 8 nitrogen and oxygen atoms in total. The molecule has 0 saturated carbocycles. The third kappa shape index (κ3) is 2.22. The summed E-state index contributed by atoms with van der Waals surface area (Å²) >= 11 is 5.34. The van der Waals surface area contributed by atoms with Gasteiger partial charge in [-0.3, -0.25) is 20.2 Å². The summed E-state index contributed by atoms with van der Waals surface area (Å²) in [5, 5.41) is 37.0. The molecule has 0 aromatic heterocycles. The number of hydrogen-bond acceptors (Lipinski definition) is 6. The van der Waals surface area contributed by atoms with E-state index in [4.69, 9.17) is 16.7 Å². The van der Waals surface area contributed by atoms with Gasteiger partial charge in [-0.25, -0.2) is 0 Å². The lowest BCUT2D eigenvalue weighted by Crippen LogP contribution is -2.28. The minimum Gasteiger partial charge on any atom is -0.498 e. The van der Waals surface area contributed by atoms with Gasteiger partial charge in [-0.05, 0) is 0 Å². The summed E-state index contributed by atoms with van der Waals surface area (Å²) in [6.45, 7) is 0. The highest BCUT2D eigenvalue weighted by Crippen LogP contribution is 2.33. The molecule has 0 saturated heterocycles. The highest BCUT2D eigenvalue weighted by atomic mass is 35.5. The molecular formula is C6H5ClN2O6. The lowest BCUT2D eigenvalue weighted by Gasteiger charge is -2.18. The average Bonchev–Trinajstić information content (AvgIpc) is 2.07. The van der Waals surface area contributed by atoms with Crippen LogP contribution in [0.25, 0.3) is 0 Å². The third-order valence-electron chi connectivity index (χ3n) is 1.71. The molecule has 0 fully saturated rings. The molecular weight excluding hydrogens is 232 g/mol. The Labute approximate surface area is 87.4 Å². The first-order valence-electron chi connectivity index (χ1n) is 3.60. The number of aliphatic hydroxyl groups excluding tert-OH is 1. The first-order valence-corrected chi connectivity index (χ1v) is 3.98. The van der Waals surface area contributed by atoms with Crippen LogP contribution in [0.1, 0.15) is 6.42 Å². The molecule has 0 bridgehead atoms. The number of nitro groups is 2. The van der Waals surface area contributed by atoms with Crippen LogP contribution in [0.2, 0.25) is 0 Å². The van der Waals surface area contributed by atoms with E-state index in [9.17, 15) is 25.3 Å². The van der Waals surface area contributed by atoms with Crippen molar-refractivity contribution in [2.45, 2.75) is 11.5 Å². The number of rotatable bonds is 2. The Kier molecular flexibility index (Phi) is 2.65. The predicted molar refractivity (Wildman–Crippen MR) is 47.1 cm³/mol. The molecule has 1 aliphatic carbocycles. The van der Waals surface area contributed by atoms with E-state index < -0.39 is 38.5 Å². The van der Waals surface area contributed by atoms with Gasteiger partial charge in [-0.15, -0.1) is 0 Å². The molecule has 9 heteroatoms. The molecule has 0 aliphatic heterocycles. The van der Waals surface area contributed by atoms with Crippen LogP contribution in [0.15, 0.2) is 23.2 Å². The zero-order valence-corrected chi connectivity index (χ0v) is 7.84. The van der Waals surface area contributed by atoms with E-state index in [2.05, 4.69) is 0 Å². The van der Waals surface area contributed by atoms with Gasteiger partial charge >= 0.3 is 5.70 Å². The maximum atomic E-state index is 10.4. The Morgan fingerprint density at radius 3 is 2.33 bits per heavy atom. The SMILES string of the molecule is O=[N+]([O-])C1=CC(O)(Cl)CC([N+](=O)[O-])=C1O. The molecule has 2 N–H and O–H groups in total. The topological polar surface area (TPSA) is 127 Å². The Morgan fingerprint density at radius 2 is 1.93 bits per heavy atom. The minimum absolute atomic E-state index is 0.552. The van der Waals surface area contributed by atoms with Crippen LogP contribution >= 0.6 is 11.6 Å². The van der Waals surface area contributed by atoms with Crippen LogP contribution < -0.4 is 0 Å². The van der Waals surface area contributed by atoms with E-state index >= 15 is 0 Å². The maximum absolute atomic E-state index is 10.4. The van der Waals surface area contributed by atoms with E-state index in [1.165, 1.54) is 0 Å². The smallest absolute Gasteiger partial charge is 0.317 e. The predicted octanol–water partition coefficient (Wildman–Crippen LogP) is 0.524. The number of nitrogens with zero attached hydrogens (tertiary/aromatic N) is 2. The number of aliphatic hydroxyl groups is 2. The van der Waals surface area contributed by atoms with Crippen molar-refractivity contribution in [1.82, 2.24) is 0 Å². The third-order valence-corrected chi connectivity index (χ3v) is 1.95. The van der Waals surface area contributed by atoms with Gasteiger partial charge in [0.15, 0.2) is 5.06 Å². The average molecular weight is 237 g/mol. The van der Waals surface area contributed by atoms with Gasteiger partial charge in [0.05, 0.1) is 16.3 Å². The van der Waals surface area contributed by atoms with Crippen molar-refractivity contribution in [2.75, 3.05) is 0 Å². The normalized spacial score (nSPS) is 26.1.